The first-order valence-electron chi connectivity index (χ1n) is 10.4. The number of allylic oxidation sites excluding steroid dienone is 4. The highest BCUT2D eigenvalue weighted by Gasteiger charge is 2.21. The van der Waals surface area contributed by atoms with Crippen molar-refractivity contribution in [2.75, 3.05) is 0 Å². The molecule has 0 bridgehead atoms. The largest absolute Gasteiger partial charge is 0.465 e. The van der Waals surface area contributed by atoms with Gasteiger partial charge >= 0.3 is 0 Å². The number of aromatic nitrogens is 2. The summed E-state index contributed by atoms with van der Waals surface area (Å²) >= 11 is 1.46. The molecule has 0 N–H and O–H groups in total. The van der Waals surface area contributed by atoms with Gasteiger partial charge < -0.3 is 13.9 Å². The molecule has 1 aliphatic heterocycles. The van der Waals surface area contributed by atoms with Crippen LogP contribution in [0.3, 0.4) is 0 Å². The van der Waals surface area contributed by atoms with Crippen LogP contribution in [0.2, 0.25) is 0 Å². The normalized spacial score (nSPS) is 14.9. The lowest BCUT2D eigenvalue weighted by Gasteiger charge is -2.17. The fraction of sp³-hybridized carbons (Fsp3) is 0.115. The van der Waals surface area contributed by atoms with E-state index in [9.17, 15) is 0 Å². The van der Waals surface area contributed by atoms with Crippen LogP contribution in [0.1, 0.15) is 29.9 Å². The van der Waals surface area contributed by atoms with Gasteiger partial charge in [0.05, 0.1) is 11.6 Å². The molecular formula is C26H19N3O3S. The second-order valence-electron chi connectivity index (χ2n) is 7.41. The van der Waals surface area contributed by atoms with Gasteiger partial charge in [-0.3, -0.25) is 0 Å². The molecule has 0 amide bonds. The average Bonchev–Trinajstić information content (AvgIpc) is 3.38. The summed E-state index contributed by atoms with van der Waals surface area (Å²) in [6, 6.07) is 18.0. The Balaban J connectivity index is 1.19. The van der Waals surface area contributed by atoms with Crippen LogP contribution in [0.4, 0.5) is 0 Å². The number of benzene rings is 2. The molecular weight excluding hydrogens is 434 g/mol. The lowest BCUT2D eigenvalue weighted by molar-refractivity contribution is 0.271. The minimum atomic E-state index is 0.284. The van der Waals surface area contributed by atoms with Gasteiger partial charge in [-0.2, -0.15) is 5.26 Å². The van der Waals surface area contributed by atoms with Gasteiger partial charge in [0.1, 0.15) is 12.5 Å². The van der Waals surface area contributed by atoms with Crippen molar-refractivity contribution in [1.29, 1.82) is 5.26 Å². The molecule has 3 aromatic rings. The topological polar surface area (TPSA) is 81.2 Å². The van der Waals surface area contributed by atoms with Crippen LogP contribution in [-0.2, 0) is 15.2 Å². The van der Waals surface area contributed by atoms with Gasteiger partial charge in [0, 0.05) is 5.75 Å². The zero-order valence-corrected chi connectivity index (χ0v) is 18.4. The van der Waals surface area contributed by atoms with Gasteiger partial charge in [0.25, 0.3) is 11.1 Å². The maximum atomic E-state index is 8.94. The highest BCUT2D eigenvalue weighted by Crippen LogP contribution is 2.31. The molecule has 1 aliphatic carbocycles. The number of thioether (sulfide) groups is 1. The first-order valence-corrected chi connectivity index (χ1v) is 11.4. The van der Waals surface area contributed by atoms with Crippen LogP contribution in [0, 0.1) is 11.3 Å². The summed E-state index contributed by atoms with van der Waals surface area (Å²) in [5.74, 6) is 2.03. The Bertz CT molecular complexity index is 1310. The second-order valence-corrected chi connectivity index (χ2v) is 8.34. The van der Waals surface area contributed by atoms with Gasteiger partial charge in [-0.1, -0.05) is 66.4 Å². The lowest BCUT2D eigenvalue weighted by atomic mass is 10.0. The number of ether oxygens (including phenoxy) is 2. The van der Waals surface area contributed by atoms with Crippen molar-refractivity contribution in [1.82, 2.24) is 10.2 Å². The molecule has 5 rings (SSSR count). The first-order chi connectivity index (χ1) is 16.3. The van der Waals surface area contributed by atoms with Crippen LogP contribution in [0.5, 0.6) is 0 Å². The van der Waals surface area contributed by atoms with E-state index in [0.29, 0.717) is 28.1 Å². The number of nitrogens with zero attached hydrogens (tertiary/aromatic N) is 3. The molecule has 0 unspecified atom stereocenters. The fourth-order valence-corrected chi connectivity index (χ4v) is 4.13. The monoisotopic (exact) mass is 453 g/mol. The predicted octanol–water partition coefficient (Wildman–Crippen LogP) is 6.36. The van der Waals surface area contributed by atoms with Gasteiger partial charge in [-0.05, 0) is 47.2 Å². The Hall–Kier alpha value is -4.02. The van der Waals surface area contributed by atoms with Gasteiger partial charge in [-0.15, -0.1) is 10.2 Å². The van der Waals surface area contributed by atoms with Crippen LogP contribution >= 0.6 is 11.8 Å². The van der Waals surface area contributed by atoms with Crippen LogP contribution in [0.15, 0.2) is 100 Å². The van der Waals surface area contributed by atoms with E-state index in [0.717, 1.165) is 35.1 Å². The van der Waals surface area contributed by atoms with Crippen molar-refractivity contribution in [2.45, 2.75) is 23.8 Å². The van der Waals surface area contributed by atoms with E-state index in [2.05, 4.69) is 46.6 Å². The van der Waals surface area contributed by atoms with Gasteiger partial charge in [0.15, 0.2) is 5.76 Å². The summed E-state index contributed by atoms with van der Waals surface area (Å²) in [5, 5.41) is 17.6. The summed E-state index contributed by atoms with van der Waals surface area (Å²) in [7, 11) is 0. The molecule has 0 saturated carbocycles. The highest BCUT2D eigenvalue weighted by molar-refractivity contribution is 7.98. The van der Waals surface area contributed by atoms with E-state index in [1.54, 1.807) is 6.26 Å². The van der Waals surface area contributed by atoms with Crippen molar-refractivity contribution >= 4 is 17.5 Å². The summed E-state index contributed by atoms with van der Waals surface area (Å²) in [5.41, 5.74) is 5.04. The summed E-state index contributed by atoms with van der Waals surface area (Å²) in [6.07, 6.45) is 11.1. The average molecular weight is 454 g/mol. The molecule has 2 aliphatic rings. The standard InChI is InChI=1S/C26H19N3O3S/c27-14-18-6-10-20(11-7-18)21-12-8-19(9-13-21)17-33-26-29-28-25(32-26)24-16-30-15-23(31-24)22-4-2-1-3-5-22/h1-2,4,6-13,15-16H,3,5,17H2. The van der Waals surface area contributed by atoms with Crippen LogP contribution in [0.25, 0.3) is 16.9 Å². The van der Waals surface area contributed by atoms with Crippen molar-refractivity contribution in [2.24, 2.45) is 0 Å². The van der Waals surface area contributed by atoms with Crippen molar-refractivity contribution in [3.63, 3.8) is 0 Å². The molecule has 6 nitrogen and oxygen atoms in total. The molecule has 7 heteroatoms. The zero-order valence-electron chi connectivity index (χ0n) is 17.6. The highest BCUT2D eigenvalue weighted by atomic mass is 32.2. The minimum Gasteiger partial charge on any atom is -0.465 e. The number of hydrogen-bond donors (Lipinski definition) is 0. The Morgan fingerprint density at radius 2 is 1.70 bits per heavy atom. The molecule has 0 atom stereocenters. The Labute approximate surface area is 195 Å². The van der Waals surface area contributed by atoms with Crippen LogP contribution in [-0.4, -0.2) is 10.2 Å². The molecule has 2 heterocycles. The Morgan fingerprint density at radius 3 is 2.42 bits per heavy atom. The quantitative estimate of drug-likeness (QED) is 0.401. The third-order valence-electron chi connectivity index (χ3n) is 5.18. The smallest absolute Gasteiger partial charge is 0.287 e. The summed E-state index contributed by atoms with van der Waals surface area (Å²) in [4.78, 5) is 0. The molecule has 2 aromatic carbocycles. The Morgan fingerprint density at radius 1 is 0.939 bits per heavy atom. The summed E-state index contributed by atoms with van der Waals surface area (Å²) in [6.45, 7) is 0. The zero-order chi connectivity index (χ0) is 22.5. The van der Waals surface area contributed by atoms with E-state index in [-0.39, 0.29) is 5.89 Å². The fourth-order valence-electron chi connectivity index (χ4n) is 3.41. The maximum Gasteiger partial charge on any atom is 0.287 e. The lowest BCUT2D eigenvalue weighted by Crippen LogP contribution is -2.03. The molecule has 0 fully saturated rings. The van der Waals surface area contributed by atoms with Gasteiger partial charge in [0.2, 0.25) is 5.76 Å². The van der Waals surface area contributed by atoms with Crippen molar-refractivity contribution < 1.29 is 13.9 Å². The predicted molar refractivity (Wildman–Crippen MR) is 125 cm³/mol. The number of nitriles is 1. The van der Waals surface area contributed by atoms with Crippen molar-refractivity contribution in [3.8, 4) is 17.2 Å². The molecule has 162 valence electrons. The van der Waals surface area contributed by atoms with E-state index >= 15 is 0 Å². The number of rotatable bonds is 6. The van der Waals surface area contributed by atoms with E-state index < -0.39 is 0 Å². The molecule has 1 aromatic heterocycles. The molecule has 0 saturated heterocycles. The molecule has 33 heavy (non-hydrogen) atoms. The van der Waals surface area contributed by atoms with E-state index in [4.69, 9.17) is 19.2 Å². The first kappa shape index (κ1) is 20.9. The molecule has 0 spiro atoms. The SMILES string of the molecule is N#Cc1ccc(-c2ccc(CSc3nnc(C4=COC=C(C5=CC=CCC5)O4)o3)cc2)cc1. The molecule has 0 radical (unpaired) electrons. The number of hydrogen-bond acceptors (Lipinski definition) is 7. The van der Waals surface area contributed by atoms with Gasteiger partial charge in [-0.25, -0.2) is 0 Å². The van der Waals surface area contributed by atoms with Crippen molar-refractivity contribution in [3.05, 3.63) is 108 Å². The van der Waals surface area contributed by atoms with E-state index in [1.807, 2.05) is 36.4 Å². The van der Waals surface area contributed by atoms with E-state index in [1.165, 1.54) is 18.0 Å². The summed E-state index contributed by atoms with van der Waals surface area (Å²) < 4.78 is 17.1. The third-order valence-corrected chi connectivity index (χ3v) is 6.07. The van der Waals surface area contributed by atoms with Crippen LogP contribution < -0.4 is 0 Å². The Kier molecular flexibility index (Phi) is 6.09. The minimum absolute atomic E-state index is 0.284. The third kappa shape index (κ3) is 4.92. The maximum absolute atomic E-state index is 8.94. The second kappa shape index (κ2) is 9.63.